The van der Waals surface area contributed by atoms with Crippen molar-refractivity contribution < 1.29 is 19.4 Å². The summed E-state index contributed by atoms with van der Waals surface area (Å²) in [4.78, 5) is 13.8. The number of aliphatic hydroxyl groups is 1. The Balaban J connectivity index is 2.15. The molecule has 1 aliphatic rings. The van der Waals surface area contributed by atoms with Crippen LogP contribution >= 0.6 is 0 Å². The molecule has 2 rings (SSSR count). The number of likely N-dealkylation sites (tertiary alicyclic amines) is 1. The third-order valence-electron chi connectivity index (χ3n) is 3.06. The summed E-state index contributed by atoms with van der Waals surface area (Å²) in [6, 6.07) is 5.11. The predicted molar refractivity (Wildman–Crippen MR) is 70.7 cm³/mol. The first-order chi connectivity index (χ1) is 8.96. The Labute approximate surface area is 112 Å². The lowest BCUT2D eigenvalue weighted by atomic mass is 9.96. The van der Waals surface area contributed by atoms with E-state index >= 15 is 0 Å². The maximum atomic E-state index is 12.2. The third kappa shape index (κ3) is 2.81. The lowest BCUT2D eigenvalue weighted by Crippen LogP contribution is -2.61. The van der Waals surface area contributed by atoms with E-state index in [4.69, 9.17) is 9.47 Å². The predicted octanol–water partition coefficient (Wildman–Crippen LogP) is 1.30. The van der Waals surface area contributed by atoms with Gasteiger partial charge >= 0.3 is 0 Å². The Hall–Kier alpha value is -1.75. The Bertz CT molecular complexity index is 476. The zero-order chi connectivity index (χ0) is 14.0. The molecule has 1 heterocycles. The first-order valence-corrected chi connectivity index (χ1v) is 6.29. The van der Waals surface area contributed by atoms with Crippen LogP contribution in [0, 0.1) is 0 Å². The fourth-order valence-electron chi connectivity index (χ4n) is 2.18. The topological polar surface area (TPSA) is 59.0 Å². The van der Waals surface area contributed by atoms with Crippen molar-refractivity contribution in [3.63, 3.8) is 0 Å². The second-order valence-electron chi connectivity index (χ2n) is 4.96. The van der Waals surface area contributed by atoms with Crippen LogP contribution in [0.3, 0.4) is 0 Å². The van der Waals surface area contributed by atoms with Crippen molar-refractivity contribution in [2.24, 2.45) is 0 Å². The van der Waals surface area contributed by atoms with Gasteiger partial charge in [-0.05, 0) is 32.0 Å². The number of carbonyl (C=O) groups is 1. The SMILES string of the molecule is CCOc1ccc(C(=O)N2CC(C)(O)C2)cc1OC. The van der Waals surface area contributed by atoms with Crippen molar-refractivity contribution in [2.45, 2.75) is 19.4 Å². The molecule has 5 nitrogen and oxygen atoms in total. The van der Waals surface area contributed by atoms with Gasteiger partial charge in [-0.25, -0.2) is 0 Å². The number of methoxy groups -OCH3 is 1. The van der Waals surface area contributed by atoms with Gasteiger partial charge in [0.1, 0.15) is 0 Å². The maximum Gasteiger partial charge on any atom is 0.254 e. The molecule has 0 aliphatic carbocycles. The normalized spacial score (nSPS) is 16.7. The molecule has 5 heteroatoms. The molecule has 1 aliphatic heterocycles. The number of ether oxygens (including phenoxy) is 2. The number of amides is 1. The van der Waals surface area contributed by atoms with E-state index in [1.807, 2.05) is 6.92 Å². The average Bonchev–Trinajstić information content (AvgIpc) is 2.35. The van der Waals surface area contributed by atoms with Gasteiger partial charge in [-0.2, -0.15) is 0 Å². The standard InChI is InChI=1S/C14H19NO4/c1-4-19-11-6-5-10(7-12(11)18-3)13(16)15-8-14(2,17)9-15/h5-7,17H,4,8-9H2,1-3H3. The summed E-state index contributed by atoms with van der Waals surface area (Å²) in [6.07, 6.45) is 0. The second kappa shape index (κ2) is 5.09. The van der Waals surface area contributed by atoms with E-state index in [2.05, 4.69) is 0 Å². The van der Waals surface area contributed by atoms with Gasteiger partial charge in [0.15, 0.2) is 11.5 Å². The van der Waals surface area contributed by atoms with Crippen molar-refractivity contribution in [1.29, 1.82) is 0 Å². The minimum absolute atomic E-state index is 0.104. The Morgan fingerprint density at radius 3 is 2.63 bits per heavy atom. The van der Waals surface area contributed by atoms with E-state index in [-0.39, 0.29) is 5.91 Å². The van der Waals surface area contributed by atoms with Crippen molar-refractivity contribution in [1.82, 2.24) is 4.90 Å². The average molecular weight is 265 g/mol. The number of carbonyl (C=O) groups excluding carboxylic acids is 1. The molecule has 1 N–H and O–H groups in total. The van der Waals surface area contributed by atoms with Crippen molar-refractivity contribution in [3.8, 4) is 11.5 Å². The van der Waals surface area contributed by atoms with Gasteiger partial charge in [-0.1, -0.05) is 0 Å². The molecule has 0 aromatic heterocycles. The van der Waals surface area contributed by atoms with E-state index < -0.39 is 5.60 Å². The van der Waals surface area contributed by atoms with E-state index in [1.54, 1.807) is 37.1 Å². The molecule has 1 aromatic carbocycles. The highest BCUT2D eigenvalue weighted by Crippen LogP contribution is 2.30. The highest BCUT2D eigenvalue weighted by Gasteiger charge is 2.39. The molecular formula is C14H19NO4. The lowest BCUT2D eigenvalue weighted by Gasteiger charge is -2.44. The molecule has 19 heavy (non-hydrogen) atoms. The van der Waals surface area contributed by atoms with Gasteiger partial charge in [-0.15, -0.1) is 0 Å². The largest absolute Gasteiger partial charge is 0.493 e. The molecule has 1 fully saturated rings. The van der Waals surface area contributed by atoms with Crippen LogP contribution in [-0.2, 0) is 0 Å². The van der Waals surface area contributed by atoms with Crippen LogP contribution in [0.2, 0.25) is 0 Å². The molecular weight excluding hydrogens is 246 g/mol. The van der Waals surface area contributed by atoms with Crippen LogP contribution in [0.15, 0.2) is 18.2 Å². The quantitative estimate of drug-likeness (QED) is 0.891. The number of benzene rings is 1. The van der Waals surface area contributed by atoms with Crippen LogP contribution in [0.5, 0.6) is 11.5 Å². The molecule has 0 saturated carbocycles. The van der Waals surface area contributed by atoms with Crippen molar-refractivity contribution in [3.05, 3.63) is 23.8 Å². The van der Waals surface area contributed by atoms with Crippen LogP contribution < -0.4 is 9.47 Å². The summed E-state index contributed by atoms with van der Waals surface area (Å²) in [6.45, 7) is 4.87. The van der Waals surface area contributed by atoms with E-state index in [1.165, 1.54) is 0 Å². The molecule has 1 aromatic rings. The second-order valence-corrected chi connectivity index (χ2v) is 4.96. The minimum Gasteiger partial charge on any atom is -0.493 e. The monoisotopic (exact) mass is 265 g/mol. The first-order valence-electron chi connectivity index (χ1n) is 6.29. The van der Waals surface area contributed by atoms with Crippen molar-refractivity contribution in [2.75, 3.05) is 26.8 Å². The summed E-state index contributed by atoms with van der Waals surface area (Å²) in [7, 11) is 1.54. The van der Waals surface area contributed by atoms with Gasteiger partial charge in [0, 0.05) is 5.56 Å². The van der Waals surface area contributed by atoms with Gasteiger partial charge in [0.05, 0.1) is 32.4 Å². The number of hydrogen-bond donors (Lipinski definition) is 1. The van der Waals surface area contributed by atoms with Gasteiger partial charge < -0.3 is 19.5 Å². The molecule has 1 amide bonds. The zero-order valence-electron chi connectivity index (χ0n) is 11.5. The lowest BCUT2D eigenvalue weighted by molar-refractivity contribution is -0.0668. The number of hydrogen-bond acceptors (Lipinski definition) is 4. The molecule has 0 unspecified atom stereocenters. The van der Waals surface area contributed by atoms with E-state index in [0.29, 0.717) is 36.8 Å². The first kappa shape index (κ1) is 13.7. The molecule has 0 atom stereocenters. The smallest absolute Gasteiger partial charge is 0.254 e. The molecule has 0 bridgehead atoms. The Kier molecular flexibility index (Phi) is 3.66. The van der Waals surface area contributed by atoms with E-state index in [9.17, 15) is 9.90 Å². The fraction of sp³-hybridized carbons (Fsp3) is 0.500. The fourth-order valence-corrected chi connectivity index (χ4v) is 2.18. The third-order valence-corrected chi connectivity index (χ3v) is 3.06. The van der Waals surface area contributed by atoms with E-state index in [0.717, 1.165) is 0 Å². The van der Waals surface area contributed by atoms with Gasteiger partial charge in [0.2, 0.25) is 0 Å². The van der Waals surface area contributed by atoms with Gasteiger partial charge in [0.25, 0.3) is 5.91 Å². The maximum absolute atomic E-state index is 12.2. The summed E-state index contributed by atoms with van der Waals surface area (Å²) >= 11 is 0. The summed E-state index contributed by atoms with van der Waals surface area (Å²) in [5.74, 6) is 1.06. The summed E-state index contributed by atoms with van der Waals surface area (Å²) in [5.41, 5.74) is -0.221. The zero-order valence-corrected chi connectivity index (χ0v) is 11.5. The van der Waals surface area contributed by atoms with Gasteiger partial charge in [-0.3, -0.25) is 4.79 Å². The number of rotatable bonds is 4. The molecule has 1 saturated heterocycles. The Morgan fingerprint density at radius 1 is 1.42 bits per heavy atom. The molecule has 104 valence electrons. The minimum atomic E-state index is -0.759. The summed E-state index contributed by atoms with van der Waals surface area (Å²) < 4.78 is 10.6. The van der Waals surface area contributed by atoms with Crippen molar-refractivity contribution >= 4 is 5.91 Å². The van der Waals surface area contributed by atoms with Crippen LogP contribution in [0.25, 0.3) is 0 Å². The molecule has 0 radical (unpaired) electrons. The summed E-state index contributed by atoms with van der Waals surface area (Å²) in [5, 5.41) is 9.66. The Morgan fingerprint density at radius 2 is 2.11 bits per heavy atom. The molecule has 0 spiro atoms. The van der Waals surface area contributed by atoms with Crippen LogP contribution in [0.4, 0.5) is 0 Å². The van der Waals surface area contributed by atoms with Crippen LogP contribution in [0.1, 0.15) is 24.2 Å². The highest BCUT2D eigenvalue weighted by molar-refractivity contribution is 5.95. The highest BCUT2D eigenvalue weighted by atomic mass is 16.5. The number of nitrogens with zero attached hydrogens (tertiary/aromatic N) is 1. The van der Waals surface area contributed by atoms with Crippen LogP contribution in [-0.4, -0.2) is 48.3 Å². The number of β-amino-alcohol motifs (C(OH)–C–C–N with tert-alkyl or cyclic N) is 1.